The van der Waals surface area contributed by atoms with Gasteiger partial charge in [0.25, 0.3) is 0 Å². The van der Waals surface area contributed by atoms with Crippen molar-refractivity contribution in [1.82, 2.24) is 9.21 Å². The average Bonchev–Trinajstić information content (AvgIpc) is 2.88. The van der Waals surface area contributed by atoms with Gasteiger partial charge in [0.05, 0.1) is 24.7 Å². The summed E-state index contributed by atoms with van der Waals surface area (Å²) in [5.74, 6) is 0.578. The number of benzene rings is 3. The van der Waals surface area contributed by atoms with Crippen LogP contribution in [0, 0.1) is 25.2 Å². The van der Waals surface area contributed by atoms with E-state index in [1.807, 2.05) is 50.2 Å². The lowest BCUT2D eigenvalue weighted by Gasteiger charge is -2.34. The predicted molar refractivity (Wildman–Crippen MR) is 139 cm³/mol. The Morgan fingerprint density at radius 3 is 2.16 bits per heavy atom. The Labute approximate surface area is 217 Å². The highest BCUT2D eigenvalue weighted by atomic mass is 32.2. The van der Waals surface area contributed by atoms with Gasteiger partial charge in [-0.15, -0.1) is 0 Å². The summed E-state index contributed by atoms with van der Waals surface area (Å²) in [6.07, 6.45) is 0.205. The molecule has 1 heterocycles. The molecule has 8 nitrogen and oxygen atoms in total. The Hall–Kier alpha value is -3.71. The highest BCUT2D eigenvalue weighted by Gasteiger charge is 2.32. The third-order valence-electron chi connectivity index (χ3n) is 6.27. The molecule has 0 aromatic heterocycles. The SMILES string of the molecule is Cc1cc(C)cc(Oc2ccc(C#N)cc2S(=O)(=O)N2CCN(C(=O)Cc3ccc(CO)cc3)CC2)c1. The monoisotopic (exact) mass is 519 g/mol. The molecule has 0 spiro atoms. The van der Waals surface area contributed by atoms with Crippen LogP contribution in [0.15, 0.2) is 65.6 Å². The van der Waals surface area contributed by atoms with Crippen LogP contribution < -0.4 is 4.74 Å². The standard InChI is InChI=1S/C28H29N3O5S/c1-20-13-21(2)15-25(14-20)36-26-8-7-24(18-29)16-27(26)37(34,35)31-11-9-30(10-12-31)28(33)17-22-3-5-23(19-32)6-4-22/h3-8,13-16,32H,9-12,17,19H2,1-2H3. The highest BCUT2D eigenvalue weighted by Crippen LogP contribution is 2.33. The molecule has 1 saturated heterocycles. The number of ether oxygens (including phenoxy) is 1. The number of carbonyl (C=O) groups excluding carboxylic acids is 1. The maximum Gasteiger partial charge on any atom is 0.246 e. The van der Waals surface area contributed by atoms with Crippen LogP contribution in [-0.2, 0) is 27.8 Å². The van der Waals surface area contributed by atoms with Gasteiger partial charge in [-0.05, 0) is 66.4 Å². The third kappa shape index (κ3) is 6.17. The van der Waals surface area contributed by atoms with E-state index in [1.165, 1.54) is 22.5 Å². The fourth-order valence-corrected chi connectivity index (χ4v) is 5.91. The summed E-state index contributed by atoms with van der Waals surface area (Å²) in [7, 11) is -3.99. The van der Waals surface area contributed by atoms with Crippen molar-refractivity contribution in [3.05, 3.63) is 88.5 Å². The Kier molecular flexibility index (Phi) is 7.93. The van der Waals surface area contributed by atoms with Crippen LogP contribution in [0.3, 0.4) is 0 Å². The third-order valence-corrected chi connectivity index (χ3v) is 8.19. The summed E-state index contributed by atoms with van der Waals surface area (Å²) >= 11 is 0. The van der Waals surface area contributed by atoms with E-state index in [0.29, 0.717) is 5.75 Å². The number of nitriles is 1. The molecule has 0 saturated carbocycles. The van der Waals surface area contributed by atoms with E-state index in [-0.39, 0.29) is 61.3 Å². The van der Waals surface area contributed by atoms with Gasteiger partial charge in [-0.1, -0.05) is 30.3 Å². The van der Waals surface area contributed by atoms with Crippen LogP contribution in [-0.4, -0.2) is 54.8 Å². The molecule has 4 rings (SSSR count). The maximum atomic E-state index is 13.6. The molecule has 0 unspecified atom stereocenters. The minimum Gasteiger partial charge on any atom is -0.456 e. The molecular formula is C28H29N3O5S. The number of hydrogen-bond acceptors (Lipinski definition) is 6. The van der Waals surface area contributed by atoms with Crippen molar-refractivity contribution in [3.63, 3.8) is 0 Å². The smallest absolute Gasteiger partial charge is 0.246 e. The molecule has 0 atom stereocenters. The fraction of sp³-hybridized carbons (Fsp3) is 0.286. The topological polar surface area (TPSA) is 111 Å². The van der Waals surface area contributed by atoms with Crippen molar-refractivity contribution in [3.8, 4) is 17.6 Å². The largest absolute Gasteiger partial charge is 0.456 e. The van der Waals surface area contributed by atoms with Crippen molar-refractivity contribution < 1.29 is 23.1 Å². The van der Waals surface area contributed by atoms with Crippen molar-refractivity contribution in [2.45, 2.75) is 31.8 Å². The molecule has 1 fully saturated rings. The van der Waals surface area contributed by atoms with Gasteiger partial charge >= 0.3 is 0 Å². The van der Waals surface area contributed by atoms with Gasteiger partial charge in [0, 0.05) is 26.2 Å². The maximum absolute atomic E-state index is 13.6. The zero-order valence-corrected chi connectivity index (χ0v) is 21.7. The zero-order chi connectivity index (χ0) is 26.6. The molecule has 9 heteroatoms. The van der Waals surface area contributed by atoms with Crippen molar-refractivity contribution >= 4 is 15.9 Å². The van der Waals surface area contributed by atoms with Crippen molar-refractivity contribution in [2.75, 3.05) is 26.2 Å². The first-order valence-corrected chi connectivity index (χ1v) is 13.4. The lowest BCUT2D eigenvalue weighted by Crippen LogP contribution is -2.50. The van der Waals surface area contributed by atoms with Gasteiger partial charge in [0.1, 0.15) is 16.4 Å². The Morgan fingerprint density at radius 1 is 0.946 bits per heavy atom. The second-order valence-corrected chi connectivity index (χ2v) is 11.0. The number of rotatable bonds is 7. The Bertz CT molecular complexity index is 1420. The van der Waals surface area contributed by atoms with Gasteiger partial charge in [-0.25, -0.2) is 8.42 Å². The Balaban J connectivity index is 1.49. The molecular weight excluding hydrogens is 490 g/mol. The molecule has 37 heavy (non-hydrogen) atoms. The molecule has 1 aliphatic heterocycles. The van der Waals surface area contributed by atoms with Gasteiger partial charge < -0.3 is 14.7 Å². The lowest BCUT2D eigenvalue weighted by atomic mass is 10.1. The molecule has 0 radical (unpaired) electrons. The van der Waals surface area contributed by atoms with Gasteiger partial charge in [0.15, 0.2) is 0 Å². The van der Waals surface area contributed by atoms with Gasteiger partial charge in [-0.3, -0.25) is 4.79 Å². The Morgan fingerprint density at radius 2 is 1.57 bits per heavy atom. The quantitative estimate of drug-likeness (QED) is 0.511. The predicted octanol–water partition coefficient (Wildman–Crippen LogP) is 3.54. The van der Waals surface area contributed by atoms with E-state index in [2.05, 4.69) is 0 Å². The van der Waals surface area contributed by atoms with Crippen molar-refractivity contribution in [1.29, 1.82) is 5.26 Å². The van der Waals surface area contributed by atoms with E-state index in [1.54, 1.807) is 17.0 Å². The molecule has 3 aromatic rings. The van der Waals surface area contributed by atoms with E-state index in [0.717, 1.165) is 22.3 Å². The van der Waals surface area contributed by atoms with Gasteiger partial charge in [0.2, 0.25) is 15.9 Å². The number of aryl methyl sites for hydroxylation is 2. The summed E-state index contributed by atoms with van der Waals surface area (Å²) in [4.78, 5) is 14.4. The highest BCUT2D eigenvalue weighted by molar-refractivity contribution is 7.89. The first-order valence-electron chi connectivity index (χ1n) is 12.0. The summed E-state index contributed by atoms with van der Waals surface area (Å²) < 4.78 is 34.6. The van der Waals surface area contributed by atoms with E-state index in [9.17, 15) is 23.6 Å². The normalized spacial score (nSPS) is 14.3. The van der Waals surface area contributed by atoms with Crippen LogP contribution in [0.2, 0.25) is 0 Å². The molecule has 192 valence electrons. The minimum absolute atomic E-state index is 0.0562. The molecule has 1 N–H and O–H groups in total. The number of amides is 1. The minimum atomic E-state index is -3.99. The van der Waals surface area contributed by atoms with Gasteiger partial charge in [-0.2, -0.15) is 9.57 Å². The van der Waals surface area contributed by atoms with Crippen LogP contribution in [0.1, 0.15) is 27.8 Å². The molecule has 0 bridgehead atoms. The number of aliphatic hydroxyl groups excluding tert-OH is 1. The van der Waals surface area contributed by atoms with Crippen LogP contribution in [0.5, 0.6) is 11.5 Å². The number of sulfonamides is 1. The van der Waals surface area contributed by atoms with Crippen molar-refractivity contribution in [2.24, 2.45) is 0 Å². The first-order chi connectivity index (χ1) is 17.7. The molecule has 0 aliphatic carbocycles. The lowest BCUT2D eigenvalue weighted by molar-refractivity contribution is -0.131. The number of carbonyl (C=O) groups is 1. The van der Waals surface area contributed by atoms with E-state index < -0.39 is 10.0 Å². The second kappa shape index (κ2) is 11.1. The summed E-state index contributed by atoms with van der Waals surface area (Å²) in [6, 6.07) is 19.2. The molecule has 1 aliphatic rings. The van der Waals surface area contributed by atoms with Crippen LogP contribution in [0.4, 0.5) is 0 Å². The van der Waals surface area contributed by atoms with E-state index in [4.69, 9.17) is 4.74 Å². The zero-order valence-electron chi connectivity index (χ0n) is 20.8. The average molecular weight is 520 g/mol. The summed E-state index contributed by atoms with van der Waals surface area (Å²) in [5, 5.41) is 18.6. The fourth-order valence-electron chi connectivity index (χ4n) is 4.35. The number of nitrogens with zero attached hydrogens (tertiary/aromatic N) is 3. The van der Waals surface area contributed by atoms with E-state index >= 15 is 0 Å². The second-order valence-electron chi connectivity index (χ2n) is 9.14. The number of hydrogen-bond donors (Lipinski definition) is 1. The molecule has 1 amide bonds. The number of piperazine rings is 1. The summed E-state index contributed by atoms with van der Waals surface area (Å²) in [6.45, 7) is 4.60. The van der Waals surface area contributed by atoms with Crippen LogP contribution >= 0.6 is 0 Å². The summed E-state index contributed by atoms with van der Waals surface area (Å²) in [5.41, 5.74) is 3.79. The first kappa shape index (κ1) is 26.4. The number of aliphatic hydroxyl groups is 1. The van der Waals surface area contributed by atoms with Crippen LogP contribution in [0.25, 0.3) is 0 Å². The molecule has 3 aromatic carbocycles.